The van der Waals surface area contributed by atoms with E-state index in [1.165, 1.54) is 12.1 Å². The third kappa shape index (κ3) is 6.76. The molecule has 1 aliphatic heterocycles. The number of nitrogens with one attached hydrogen (secondary N) is 1. The first-order chi connectivity index (χ1) is 18.6. The molecule has 0 bridgehead atoms. The highest BCUT2D eigenvalue weighted by Gasteiger charge is 2.27. The van der Waals surface area contributed by atoms with E-state index in [9.17, 15) is 9.50 Å². The van der Waals surface area contributed by atoms with E-state index < -0.39 is 0 Å². The lowest BCUT2D eigenvalue weighted by atomic mass is 9.85. The highest BCUT2D eigenvalue weighted by Crippen LogP contribution is 2.43. The van der Waals surface area contributed by atoms with Gasteiger partial charge in [-0.2, -0.15) is 0 Å². The van der Waals surface area contributed by atoms with Crippen LogP contribution in [0.1, 0.15) is 37.5 Å². The first-order valence-electron chi connectivity index (χ1n) is 12.7. The Balaban J connectivity index is 0.000000438. The SMILES string of the molecule is COc1cc(O)ccc1-c1ccc2c(c1COc1cc(F)ccc1C)C(C)=CC(C)(C)N2.Sc1ccccc1. The molecule has 2 N–H and O–H groups in total. The van der Waals surface area contributed by atoms with Crippen molar-refractivity contribution in [2.45, 2.75) is 44.7 Å². The normalized spacial score (nSPS) is 13.3. The zero-order valence-electron chi connectivity index (χ0n) is 22.9. The van der Waals surface area contributed by atoms with Crippen LogP contribution in [0.3, 0.4) is 0 Å². The van der Waals surface area contributed by atoms with E-state index in [1.807, 2.05) is 49.4 Å². The number of aromatic hydroxyl groups is 1. The average molecular weight is 544 g/mol. The van der Waals surface area contributed by atoms with Gasteiger partial charge < -0.3 is 19.9 Å². The number of hydrogen-bond donors (Lipinski definition) is 3. The first-order valence-corrected chi connectivity index (χ1v) is 13.2. The average Bonchev–Trinajstić information content (AvgIpc) is 2.89. The van der Waals surface area contributed by atoms with Gasteiger partial charge in [0, 0.05) is 39.4 Å². The molecule has 1 heterocycles. The monoisotopic (exact) mass is 543 g/mol. The van der Waals surface area contributed by atoms with Crippen LogP contribution >= 0.6 is 12.6 Å². The molecule has 0 atom stereocenters. The molecule has 5 rings (SSSR count). The first kappa shape index (κ1) is 28.1. The van der Waals surface area contributed by atoms with Crippen molar-refractivity contribution in [2.24, 2.45) is 0 Å². The van der Waals surface area contributed by atoms with E-state index in [-0.39, 0.29) is 23.7 Å². The maximum absolute atomic E-state index is 13.8. The summed E-state index contributed by atoms with van der Waals surface area (Å²) in [6, 6.07) is 23.5. The van der Waals surface area contributed by atoms with Crippen molar-refractivity contribution in [3.05, 3.63) is 107 Å². The number of aryl methyl sites for hydroxylation is 1. The highest BCUT2D eigenvalue weighted by molar-refractivity contribution is 7.80. The van der Waals surface area contributed by atoms with Crippen LogP contribution in [0, 0.1) is 12.7 Å². The predicted octanol–water partition coefficient (Wildman–Crippen LogP) is 8.68. The number of methoxy groups -OCH3 is 1. The van der Waals surface area contributed by atoms with Gasteiger partial charge in [-0.3, -0.25) is 0 Å². The molecule has 0 saturated carbocycles. The van der Waals surface area contributed by atoms with Crippen molar-refractivity contribution in [2.75, 3.05) is 12.4 Å². The predicted molar refractivity (Wildman–Crippen MR) is 161 cm³/mol. The number of phenolic OH excluding ortho intramolecular Hbond substituents is 1. The summed E-state index contributed by atoms with van der Waals surface area (Å²) in [5.41, 5.74) is 6.66. The zero-order valence-corrected chi connectivity index (χ0v) is 23.8. The van der Waals surface area contributed by atoms with Crippen molar-refractivity contribution in [3.8, 4) is 28.4 Å². The van der Waals surface area contributed by atoms with E-state index in [2.05, 4.69) is 50.9 Å². The Hall–Kier alpha value is -3.90. The van der Waals surface area contributed by atoms with Crippen molar-refractivity contribution in [3.63, 3.8) is 0 Å². The number of anilines is 1. The Morgan fingerprint density at radius 1 is 0.897 bits per heavy atom. The van der Waals surface area contributed by atoms with E-state index in [4.69, 9.17) is 9.47 Å². The van der Waals surface area contributed by atoms with Gasteiger partial charge in [-0.1, -0.05) is 36.4 Å². The summed E-state index contributed by atoms with van der Waals surface area (Å²) < 4.78 is 25.5. The van der Waals surface area contributed by atoms with Crippen LogP contribution in [-0.4, -0.2) is 17.8 Å². The molecule has 0 fully saturated rings. The molecule has 0 aliphatic carbocycles. The van der Waals surface area contributed by atoms with Gasteiger partial charge in [0.2, 0.25) is 0 Å². The van der Waals surface area contributed by atoms with Crippen LogP contribution < -0.4 is 14.8 Å². The van der Waals surface area contributed by atoms with Gasteiger partial charge in [-0.25, -0.2) is 4.39 Å². The van der Waals surface area contributed by atoms with E-state index in [0.29, 0.717) is 11.5 Å². The lowest BCUT2D eigenvalue weighted by Crippen LogP contribution is -2.32. The van der Waals surface area contributed by atoms with Crippen LogP contribution in [-0.2, 0) is 6.61 Å². The van der Waals surface area contributed by atoms with E-state index in [1.54, 1.807) is 25.3 Å². The number of hydrogen-bond acceptors (Lipinski definition) is 5. The van der Waals surface area contributed by atoms with Gasteiger partial charge >= 0.3 is 0 Å². The minimum Gasteiger partial charge on any atom is -0.508 e. The highest BCUT2D eigenvalue weighted by atomic mass is 32.1. The van der Waals surface area contributed by atoms with Crippen LogP contribution in [0.5, 0.6) is 17.2 Å². The molecule has 0 unspecified atom stereocenters. The summed E-state index contributed by atoms with van der Waals surface area (Å²) in [4.78, 5) is 1.02. The molecule has 202 valence electrons. The minimum absolute atomic E-state index is 0.135. The standard InChI is InChI=1S/C27H28FNO3.C6H6S/c1-16-6-7-18(28)12-24(16)32-15-22-20(21-9-8-19(30)13-25(21)31-5)10-11-23-26(22)17(2)14-27(3,4)29-23;7-6-4-2-1-3-5-6/h6-14,29-30H,15H2,1-5H3;1-5,7H. The number of benzene rings is 4. The topological polar surface area (TPSA) is 50.7 Å². The van der Waals surface area contributed by atoms with Crippen LogP contribution in [0.25, 0.3) is 16.7 Å². The van der Waals surface area contributed by atoms with Crippen molar-refractivity contribution in [1.82, 2.24) is 0 Å². The maximum atomic E-state index is 13.8. The van der Waals surface area contributed by atoms with Gasteiger partial charge in [-0.15, -0.1) is 12.6 Å². The molecular formula is C33H34FNO3S. The van der Waals surface area contributed by atoms with E-state index >= 15 is 0 Å². The summed E-state index contributed by atoms with van der Waals surface area (Å²) in [5, 5.41) is 13.5. The van der Waals surface area contributed by atoms with Crippen LogP contribution in [0.4, 0.5) is 10.1 Å². The Kier molecular flexibility index (Phi) is 8.56. The molecule has 0 saturated heterocycles. The van der Waals surface area contributed by atoms with Crippen LogP contribution in [0.15, 0.2) is 89.8 Å². The molecular weight excluding hydrogens is 509 g/mol. The van der Waals surface area contributed by atoms with Crippen molar-refractivity contribution >= 4 is 23.9 Å². The Morgan fingerprint density at radius 2 is 1.62 bits per heavy atom. The molecule has 4 aromatic carbocycles. The minimum atomic E-state index is -0.333. The Bertz CT molecular complexity index is 1500. The molecule has 1 aliphatic rings. The second kappa shape index (κ2) is 11.9. The lowest BCUT2D eigenvalue weighted by Gasteiger charge is -2.33. The number of thiol groups is 1. The summed E-state index contributed by atoms with van der Waals surface area (Å²) in [6.07, 6.45) is 2.20. The second-order valence-electron chi connectivity index (χ2n) is 10.1. The largest absolute Gasteiger partial charge is 0.508 e. The number of rotatable bonds is 5. The molecule has 39 heavy (non-hydrogen) atoms. The Morgan fingerprint density at radius 3 is 2.28 bits per heavy atom. The number of ether oxygens (including phenoxy) is 2. The molecule has 4 nitrogen and oxygen atoms in total. The van der Waals surface area contributed by atoms with Gasteiger partial charge in [0.15, 0.2) is 0 Å². The lowest BCUT2D eigenvalue weighted by molar-refractivity contribution is 0.302. The summed E-state index contributed by atoms with van der Waals surface area (Å²) in [6.45, 7) is 8.50. The number of allylic oxidation sites excluding steroid dienone is 1. The van der Waals surface area contributed by atoms with Gasteiger partial charge in [0.25, 0.3) is 0 Å². The molecule has 0 radical (unpaired) electrons. The van der Waals surface area contributed by atoms with Gasteiger partial charge in [0.05, 0.1) is 12.6 Å². The van der Waals surface area contributed by atoms with Gasteiger partial charge in [-0.05, 0) is 80.8 Å². The van der Waals surface area contributed by atoms with E-state index in [0.717, 1.165) is 44.0 Å². The molecule has 0 amide bonds. The fourth-order valence-corrected chi connectivity index (χ4v) is 4.98. The Labute approximate surface area is 235 Å². The summed E-state index contributed by atoms with van der Waals surface area (Å²) in [7, 11) is 1.58. The third-order valence-corrected chi connectivity index (χ3v) is 6.79. The zero-order chi connectivity index (χ0) is 28.2. The molecule has 6 heteroatoms. The van der Waals surface area contributed by atoms with Gasteiger partial charge in [0.1, 0.15) is 29.7 Å². The quantitative estimate of drug-likeness (QED) is 0.220. The smallest absolute Gasteiger partial charge is 0.130 e. The van der Waals surface area contributed by atoms with Crippen LogP contribution in [0.2, 0.25) is 0 Å². The third-order valence-electron chi connectivity index (χ3n) is 6.50. The molecule has 0 aromatic heterocycles. The van der Waals surface area contributed by atoms with Crippen molar-refractivity contribution < 1.29 is 19.0 Å². The maximum Gasteiger partial charge on any atom is 0.130 e. The molecule has 0 spiro atoms. The number of fused-ring (bicyclic) bond motifs is 1. The fraction of sp³-hybridized carbons (Fsp3) is 0.212. The number of halogens is 1. The summed E-state index contributed by atoms with van der Waals surface area (Å²) >= 11 is 4.08. The fourth-order valence-electron chi connectivity index (χ4n) is 4.81. The molecule has 4 aromatic rings. The van der Waals surface area contributed by atoms with Crippen molar-refractivity contribution in [1.29, 1.82) is 0 Å². The number of phenols is 1. The summed E-state index contributed by atoms with van der Waals surface area (Å²) in [5.74, 6) is 0.882. The second-order valence-corrected chi connectivity index (χ2v) is 10.6.